The van der Waals surface area contributed by atoms with Crippen LogP contribution in [0.1, 0.15) is 50.5 Å². The second-order valence-electron chi connectivity index (χ2n) is 6.09. The van der Waals surface area contributed by atoms with Crippen LogP contribution in [-0.4, -0.2) is 22.5 Å². The molecule has 1 saturated carbocycles. The molecule has 0 saturated heterocycles. The van der Waals surface area contributed by atoms with Gasteiger partial charge in [0.2, 0.25) is 5.91 Å². The lowest BCUT2D eigenvalue weighted by Crippen LogP contribution is -2.55. The summed E-state index contributed by atoms with van der Waals surface area (Å²) < 4.78 is 13.3. The van der Waals surface area contributed by atoms with Crippen molar-refractivity contribution in [2.75, 3.05) is 0 Å². The second-order valence-corrected chi connectivity index (χ2v) is 6.09. The van der Waals surface area contributed by atoms with Crippen molar-refractivity contribution in [3.63, 3.8) is 0 Å². The Balaban J connectivity index is 1.83. The zero-order valence-electron chi connectivity index (χ0n) is 12.6. The van der Waals surface area contributed by atoms with Crippen molar-refractivity contribution in [3.05, 3.63) is 35.6 Å². The molecule has 0 aliphatic heterocycles. The van der Waals surface area contributed by atoms with Crippen molar-refractivity contribution in [1.29, 1.82) is 0 Å². The number of hydrogen-bond donors (Lipinski definition) is 2. The van der Waals surface area contributed by atoms with E-state index in [0.29, 0.717) is 25.7 Å². The highest BCUT2D eigenvalue weighted by Gasteiger charge is 2.38. The summed E-state index contributed by atoms with van der Waals surface area (Å²) in [6, 6.07) is 6.49. The fourth-order valence-corrected chi connectivity index (χ4v) is 2.91. The average molecular weight is 307 g/mol. The van der Waals surface area contributed by atoms with Crippen molar-refractivity contribution >= 4 is 11.9 Å². The standard InChI is InChI=1S/C17H22FNO3/c18-14-6-3-5-13(11-14)12-17(9-4-10-17)19-15(20)7-1-2-8-16(21)22/h3,5-6,11H,1-2,4,7-10,12H2,(H,19,20)(H,21,22). The molecule has 0 atom stereocenters. The number of carbonyl (C=O) groups is 2. The Labute approximate surface area is 129 Å². The predicted molar refractivity (Wildman–Crippen MR) is 80.9 cm³/mol. The van der Waals surface area contributed by atoms with Crippen LogP contribution in [0.3, 0.4) is 0 Å². The Morgan fingerprint density at radius 1 is 1.23 bits per heavy atom. The number of halogens is 1. The fourth-order valence-electron chi connectivity index (χ4n) is 2.91. The predicted octanol–water partition coefficient (Wildman–Crippen LogP) is 3.05. The van der Waals surface area contributed by atoms with E-state index in [9.17, 15) is 14.0 Å². The highest BCUT2D eigenvalue weighted by Crippen LogP contribution is 2.35. The second kappa shape index (κ2) is 7.38. The minimum absolute atomic E-state index is 0.0403. The normalized spacial score (nSPS) is 15.9. The molecule has 1 aromatic rings. The van der Waals surface area contributed by atoms with E-state index >= 15 is 0 Å². The molecule has 0 aromatic heterocycles. The fraction of sp³-hybridized carbons (Fsp3) is 0.529. The number of aliphatic carboxylic acids is 1. The molecule has 1 aliphatic rings. The Bertz CT molecular complexity index is 540. The monoisotopic (exact) mass is 307 g/mol. The molecule has 5 heteroatoms. The zero-order chi connectivity index (χ0) is 16.0. The van der Waals surface area contributed by atoms with Crippen LogP contribution in [0, 0.1) is 5.82 Å². The molecule has 1 aliphatic carbocycles. The van der Waals surface area contributed by atoms with Gasteiger partial charge in [0.05, 0.1) is 0 Å². The molecule has 1 fully saturated rings. The summed E-state index contributed by atoms with van der Waals surface area (Å²) in [6.07, 6.45) is 5.06. The van der Waals surface area contributed by atoms with Gasteiger partial charge in [-0.15, -0.1) is 0 Å². The van der Waals surface area contributed by atoms with Crippen LogP contribution >= 0.6 is 0 Å². The van der Waals surface area contributed by atoms with Gasteiger partial charge in [-0.2, -0.15) is 0 Å². The third-order valence-corrected chi connectivity index (χ3v) is 4.19. The highest BCUT2D eigenvalue weighted by atomic mass is 19.1. The molecule has 2 rings (SSSR count). The largest absolute Gasteiger partial charge is 0.481 e. The van der Waals surface area contributed by atoms with Crippen LogP contribution in [0.2, 0.25) is 0 Å². The van der Waals surface area contributed by atoms with Crippen LogP contribution in [0.25, 0.3) is 0 Å². The molecule has 1 amide bonds. The van der Waals surface area contributed by atoms with Crippen LogP contribution < -0.4 is 5.32 Å². The van der Waals surface area contributed by atoms with Gasteiger partial charge >= 0.3 is 5.97 Å². The summed E-state index contributed by atoms with van der Waals surface area (Å²) in [6.45, 7) is 0. The van der Waals surface area contributed by atoms with E-state index in [4.69, 9.17) is 5.11 Å². The van der Waals surface area contributed by atoms with Gasteiger partial charge in [0.1, 0.15) is 5.82 Å². The summed E-state index contributed by atoms with van der Waals surface area (Å²) in [5.74, 6) is -1.13. The molecule has 0 radical (unpaired) electrons. The molecule has 0 spiro atoms. The number of rotatable bonds is 8. The van der Waals surface area contributed by atoms with Gasteiger partial charge in [0.15, 0.2) is 0 Å². The Hall–Kier alpha value is -1.91. The van der Waals surface area contributed by atoms with Crippen molar-refractivity contribution in [2.24, 2.45) is 0 Å². The molecule has 2 N–H and O–H groups in total. The molecular weight excluding hydrogens is 285 g/mol. The van der Waals surface area contributed by atoms with Crippen molar-refractivity contribution in [2.45, 2.75) is 56.9 Å². The number of hydrogen-bond acceptors (Lipinski definition) is 2. The minimum Gasteiger partial charge on any atom is -0.481 e. The average Bonchev–Trinajstić information content (AvgIpc) is 2.41. The van der Waals surface area contributed by atoms with Crippen molar-refractivity contribution in [3.8, 4) is 0 Å². The van der Waals surface area contributed by atoms with Gasteiger partial charge in [-0.05, 0) is 56.2 Å². The molecule has 120 valence electrons. The molecule has 1 aromatic carbocycles. The first kappa shape index (κ1) is 16.5. The molecule has 0 heterocycles. The maximum atomic E-state index is 13.3. The van der Waals surface area contributed by atoms with Gasteiger partial charge in [0, 0.05) is 18.4 Å². The lowest BCUT2D eigenvalue weighted by molar-refractivity contribution is -0.137. The van der Waals surface area contributed by atoms with Crippen LogP contribution in [0.4, 0.5) is 4.39 Å². The molecule has 0 unspecified atom stereocenters. The highest BCUT2D eigenvalue weighted by molar-refractivity contribution is 5.77. The third kappa shape index (κ3) is 4.83. The van der Waals surface area contributed by atoms with Crippen LogP contribution in [0.5, 0.6) is 0 Å². The van der Waals surface area contributed by atoms with Gasteiger partial charge in [0.25, 0.3) is 0 Å². The Kier molecular flexibility index (Phi) is 5.52. The summed E-state index contributed by atoms with van der Waals surface area (Å²) >= 11 is 0. The number of nitrogens with one attached hydrogen (secondary N) is 1. The first-order valence-electron chi connectivity index (χ1n) is 7.76. The molecular formula is C17H22FNO3. The summed E-state index contributed by atoms with van der Waals surface area (Å²) in [5.41, 5.74) is 0.642. The number of benzene rings is 1. The summed E-state index contributed by atoms with van der Waals surface area (Å²) in [5, 5.41) is 11.6. The van der Waals surface area contributed by atoms with Gasteiger partial charge in [-0.3, -0.25) is 9.59 Å². The van der Waals surface area contributed by atoms with Crippen molar-refractivity contribution in [1.82, 2.24) is 5.32 Å². The quantitative estimate of drug-likeness (QED) is 0.725. The SMILES string of the molecule is O=C(O)CCCCC(=O)NC1(Cc2cccc(F)c2)CCC1. The van der Waals surface area contributed by atoms with Gasteiger partial charge in [-0.25, -0.2) is 4.39 Å². The Morgan fingerprint density at radius 2 is 1.95 bits per heavy atom. The Morgan fingerprint density at radius 3 is 2.55 bits per heavy atom. The van der Waals surface area contributed by atoms with Gasteiger partial charge < -0.3 is 10.4 Å². The third-order valence-electron chi connectivity index (χ3n) is 4.19. The van der Waals surface area contributed by atoms with E-state index in [-0.39, 0.29) is 23.7 Å². The lowest BCUT2D eigenvalue weighted by atomic mass is 9.72. The lowest BCUT2D eigenvalue weighted by Gasteiger charge is -2.43. The topological polar surface area (TPSA) is 66.4 Å². The first-order chi connectivity index (χ1) is 10.5. The molecule has 4 nitrogen and oxygen atoms in total. The van der Waals surface area contributed by atoms with Crippen molar-refractivity contribution < 1.29 is 19.1 Å². The number of unbranched alkanes of at least 4 members (excludes halogenated alkanes) is 1. The van der Waals surface area contributed by atoms with Crippen LogP contribution in [-0.2, 0) is 16.0 Å². The maximum Gasteiger partial charge on any atom is 0.303 e. The van der Waals surface area contributed by atoms with E-state index in [1.807, 2.05) is 6.07 Å². The van der Waals surface area contributed by atoms with E-state index < -0.39 is 5.97 Å². The van der Waals surface area contributed by atoms with E-state index in [0.717, 1.165) is 24.8 Å². The summed E-state index contributed by atoms with van der Waals surface area (Å²) in [4.78, 5) is 22.4. The minimum atomic E-state index is -0.832. The molecule has 22 heavy (non-hydrogen) atoms. The first-order valence-corrected chi connectivity index (χ1v) is 7.76. The van der Waals surface area contributed by atoms with E-state index in [1.54, 1.807) is 6.07 Å². The van der Waals surface area contributed by atoms with Crippen LogP contribution in [0.15, 0.2) is 24.3 Å². The van der Waals surface area contributed by atoms with E-state index in [1.165, 1.54) is 12.1 Å². The molecule has 0 bridgehead atoms. The number of carbonyl (C=O) groups excluding carboxylic acids is 1. The number of amides is 1. The smallest absolute Gasteiger partial charge is 0.303 e. The van der Waals surface area contributed by atoms with Gasteiger partial charge in [-0.1, -0.05) is 12.1 Å². The van der Waals surface area contributed by atoms with E-state index in [2.05, 4.69) is 5.32 Å². The number of carboxylic acids is 1. The zero-order valence-corrected chi connectivity index (χ0v) is 12.6. The summed E-state index contributed by atoms with van der Waals surface area (Å²) in [7, 11) is 0. The number of carboxylic acid groups (broad SMARTS) is 1. The maximum absolute atomic E-state index is 13.3.